The van der Waals surface area contributed by atoms with Crippen molar-refractivity contribution < 1.29 is 9.13 Å². The lowest BCUT2D eigenvalue weighted by molar-refractivity contribution is 0.275. The normalized spacial score (nSPS) is 11.6. The fourth-order valence-corrected chi connectivity index (χ4v) is 2.44. The van der Waals surface area contributed by atoms with Crippen molar-refractivity contribution in [3.63, 3.8) is 0 Å². The summed E-state index contributed by atoms with van der Waals surface area (Å²) in [6.45, 7) is 10.7. The first-order chi connectivity index (χ1) is 8.95. The molecule has 1 N–H and O–H groups in total. The van der Waals surface area contributed by atoms with Crippen LogP contribution in [0.2, 0.25) is 0 Å². The molecule has 19 heavy (non-hydrogen) atoms. The van der Waals surface area contributed by atoms with Crippen LogP contribution in [0, 0.1) is 23.6 Å². The summed E-state index contributed by atoms with van der Waals surface area (Å²) in [6.07, 6.45) is 0. The van der Waals surface area contributed by atoms with Gasteiger partial charge in [0, 0.05) is 6.54 Å². The van der Waals surface area contributed by atoms with Gasteiger partial charge in [-0.15, -0.1) is 0 Å². The van der Waals surface area contributed by atoms with Gasteiger partial charge in [0.2, 0.25) is 0 Å². The number of halogens is 1. The monoisotopic (exact) mass is 267 g/mol. The van der Waals surface area contributed by atoms with Crippen molar-refractivity contribution in [2.24, 2.45) is 17.8 Å². The van der Waals surface area contributed by atoms with E-state index in [9.17, 15) is 4.39 Å². The molecule has 1 aromatic rings. The maximum Gasteiger partial charge on any atom is 0.165 e. The van der Waals surface area contributed by atoms with Crippen LogP contribution in [0.3, 0.4) is 0 Å². The molecule has 0 saturated heterocycles. The third-order valence-corrected chi connectivity index (χ3v) is 3.64. The van der Waals surface area contributed by atoms with Gasteiger partial charge in [-0.2, -0.15) is 0 Å². The molecule has 0 atom stereocenters. The van der Waals surface area contributed by atoms with Crippen LogP contribution in [-0.2, 0) is 6.54 Å². The topological polar surface area (TPSA) is 21.3 Å². The molecule has 0 spiro atoms. The fraction of sp³-hybridized carbons (Fsp3) is 0.625. The summed E-state index contributed by atoms with van der Waals surface area (Å²) < 4.78 is 18.5. The molecule has 0 aliphatic carbocycles. The summed E-state index contributed by atoms with van der Waals surface area (Å²) in [5, 5.41) is 3.42. The smallest absolute Gasteiger partial charge is 0.165 e. The van der Waals surface area contributed by atoms with E-state index in [1.807, 2.05) is 6.07 Å². The highest BCUT2D eigenvalue weighted by Gasteiger charge is 2.16. The Morgan fingerprint density at radius 2 is 1.79 bits per heavy atom. The second-order valence-electron chi connectivity index (χ2n) is 5.75. The number of nitrogens with one attached hydrogen (secondary N) is 1. The number of hydrogen-bond acceptors (Lipinski definition) is 2. The minimum absolute atomic E-state index is 0.297. The van der Waals surface area contributed by atoms with E-state index in [1.54, 1.807) is 6.07 Å². The molecule has 2 nitrogen and oxygen atoms in total. The van der Waals surface area contributed by atoms with Gasteiger partial charge >= 0.3 is 0 Å². The zero-order valence-corrected chi connectivity index (χ0v) is 12.7. The Bertz CT molecular complexity index is 382. The average molecular weight is 267 g/mol. The summed E-state index contributed by atoms with van der Waals surface area (Å²) in [5.74, 6) is 1.94. The van der Waals surface area contributed by atoms with E-state index in [1.165, 1.54) is 13.2 Å². The Labute approximate surface area is 116 Å². The molecule has 0 aliphatic heterocycles. The molecule has 0 fully saturated rings. The van der Waals surface area contributed by atoms with Gasteiger partial charge in [0.1, 0.15) is 0 Å². The van der Waals surface area contributed by atoms with Crippen LogP contribution in [0.5, 0.6) is 5.75 Å². The highest BCUT2D eigenvalue weighted by molar-refractivity contribution is 5.29. The van der Waals surface area contributed by atoms with E-state index < -0.39 is 0 Å². The zero-order valence-electron chi connectivity index (χ0n) is 12.7. The van der Waals surface area contributed by atoms with Gasteiger partial charge in [0.05, 0.1) is 7.11 Å². The predicted molar refractivity (Wildman–Crippen MR) is 77.8 cm³/mol. The Kier molecular flexibility index (Phi) is 6.29. The van der Waals surface area contributed by atoms with Gasteiger partial charge < -0.3 is 10.1 Å². The lowest BCUT2D eigenvalue weighted by Crippen LogP contribution is -2.29. The van der Waals surface area contributed by atoms with E-state index in [4.69, 9.17) is 4.74 Å². The van der Waals surface area contributed by atoms with Gasteiger partial charge in [-0.3, -0.25) is 0 Å². The summed E-state index contributed by atoms with van der Waals surface area (Å²) in [7, 11) is 1.48. The number of rotatable bonds is 7. The van der Waals surface area contributed by atoms with Crippen LogP contribution in [0.1, 0.15) is 33.3 Å². The highest BCUT2D eigenvalue weighted by Crippen LogP contribution is 2.20. The number of benzene rings is 1. The highest BCUT2D eigenvalue weighted by atomic mass is 19.1. The zero-order chi connectivity index (χ0) is 14.4. The van der Waals surface area contributed by atoms with Crippen molar-refractivity contribution in [1.29, 1.82) is 0 Å². The molecule has 0 unspecified atom stereocenters. The quantitative estimate of drug-likeness (QED) is 0.810. The van der Waals surface area contributed by atoms with Crippen molar-refractivity contribution >= 4 is 0 Å². The summed E-state index contributed by atoms with van der Waals surface area (Å²) in [6, 6.07) is 5.11. The molecule has 0 aromatic heterocycles. The Balaban J connectivity index is 2.51. The largest absolute Gasteiger partial charge is 0.494 e. The van der Waals surface area contributed by atoms with E-state index >= 15 is 0 Å². The van der Waals surface area contributed by atoms with Crippen molar-refractivity contribution in [3.05, 3.63) is 29.6 Å². The summed E-state index contributed by atoms with van der Waals surface area (Å²) >= 11 is 0. The maximum atomic E-state index is 13.5. The molecule has 108 valence electrons. The second kappa shape index (κ2) is 7.49. The molecule has 0 amide bonds. The molecule has 0 radical (unpaired) electrons. The first kappa shape index (κ1) is 16.0. The van der Waals surface area contributed by atoms with Crippen LogP contribution in [0.4, 0.5) is 4.39 Å². The van der Waals surface area contributed by atoms with E-state index in [-0.39, 0.29) is 5.82 Å². The van der Waals surface area contributed by atoms with Gasteiger partial charge in [-0.25, -0.2) is 4.39 Å². The summed E-state index contributed by atoms with van der Waals surface area (Å²) in [4.78, 5) is 0. The Hall–Kier alpha value is -1.09. The van der Waals surface area contributed by atoms with Gasteiger partial charge in [-0.05, 0) is 42.0 Å². The van der Waals surface area contributed by atoms with Crippen LogP contribution in [0.15, 0.2) is 18.2 Å². The fourth-order valence-electron chi connectivity index (χ4n) is 2.44. The van der Waals surface area contributed by atoms with Crippen molar-refractivity contribution in [3.8, 4) is 5.75 Å². The average Bonchev–Trinajstić information content (AvgIpc) is 2.33. The first-order valence-corrected chi connectivity index (χ1v) is 6.98. The van der Waals surface area contributed by atoms with Crippen molar-refractivity contribution in [2.75, 3.05) is 13.7 Å². The van der Waals surface area contributed by atoms with Gasteiger partial charge in [0.15, 0.2) is 11.6 Å². The standard InChI is InChI=1S/C16H26FNO/c1-11(2)14(12(3)4)10-18-9-13-6-7-16(19-5)15(17)8-13/h6-8,11-12,14,18H,9-10H2,1-5H3. The van der Waals surface area contributed by atoms with Gasteiger partial charge in [-0.1, -0.05) is 33.8 Å². The van der Waals surface area contributed by atoms with Crippen molar-refractivity contribution in [2.45, 2.75) is 34.2 Å². The van der Waals surface area contributed by atoms with Crippen LogP contribution in [-0.4, -0.2) is 13.7 Å². The minimum Gasteiger partial charge on any atom is -0.494 e. The lowest BCUT2D eigenvalue weighted by Gasteiger charge is -2.25. The van der Waals surface area contributed by atoms with Gasteiger partial charge in [0.25, 0.3) is 0 Å². The third-order valence-electron chi connectivity index (χ3n) is 3.64. The Morgan fingerprint density at radius 3 is 2.26 bits per heavy atom. The van der Waals surface area contributed by atoms with E-state index in [0.29, 0.717) is 30.0 Å². The molecule has 3 heteroatoms. The molecule has 0 saturated carbocycles. The maximum absolute atomic E-state index is 13.5. The molecular weight excluding hydrogens is 241 g/mol. The van der Waals surface area contributed by atoms with Crippen molar-refractivity contribution in [1.82, 2.24) is 5.32 Å². The molecular formula is C16H26FNO. The van der Waals surface area contributed by atoms with Crippen LogP contribution >= 0.6 is 0 Å². The molecule has 0 aliphatic rings. The number of hydrogen-bond donors (Lipinski definition) is 1. The lowest BCUT2D eigenvalue weighted by atomic mass is 9.85. The number of ether oxygens (including phenoxy) is 1. The molecule has 1 aromatic carbocycles. The number of methoxy groups -OCH3 is 1. The first-order valence-electron chi connectivity index (χ1n) is 6.98. The Morgan fingerprint density at radius 1 is 1.16 bits per heavy atom. The molecule has 1 rings (SSSR count). The van der Waals surface area contributed by atoms with E-state index in [2.05, 4.69) is 33.0 Å². The summed E-state index contributed by atoms with van der Waals surface area (Å²) in [5.41, 5.74) is 0.949. The second-order valence-corrected chi connectivity index (χ2v) is 5.75. The molecule has 0 heterocycles. The minimum atomic E-state index is -0.300. The van der Waals surface area contributed by atoms with Crippen LogP contribution < -0.4 is 10.1 Å². The SMILES string of the molecule is COc1ccc(CNCC(C(C)C)C(C)C)cc1F. The third kappa shape index (κ3) is 4.83. The molecule has 0 bridgehead atoms. The predicted octanol–water partition coefficient (Wildman–Crippen LogP) is 3.85. The van der Waals surface area contributed by atoms with Crippen LogP contribution in [0.25, 0.3) is 0 Å². The van der Waals surface area contributed by atoms with E-state index in [0.717, 1.165) is 12.1 Å².